The standard InChI is InChI=1S/C27H21ClN2O4S/c1-14-11-15(2)22-20(12-14)35-27(29-22)30-23(16-7-9-18(28)10-8-16)21(25(32)26(30)33)24(31)17-5-4-6-19(13-17)34-3/h4-13,23,31H,1-3H3/b24-21+. The maximum Gasteiger partial charge on any atom is 0.301 e. The summed E-state index contributed by atoms with van der Waals surface area (Å²) in [4.78, 5) is 32.9. The number of hydrogen-bond acceptors (Lipinski definition) is 6. The normalized spacial score (nSPS) is 17.4. The van der Waals surface area contributed by atoms with E-state index in [0.29, 0.717) is 27.0 Å². The molecule has 5 rings (SSSR count). The van der Waals surface area contributed by atoms with Gasteiger partial charge in [0.2, 0.25) is 0 Å². The number of hydrogen-bond donors (Lipinski definition) is 1. The van der Waals surface area contributed by atoms with Crippen molar-refractivity contribution < 1.29 is 19.4 Å². The second kappa shape index (κ2) is 8.83. The van der Waals surface area contributed by atoms with Gasteiger partial charge in [0, 0.05) is 10.6 Å². The predicted molar refractivity (Wildman–Crippen MR) is 138 cm³/mol. The van der Waals surface area contributed by atoms with Crippen molar-refractivity contribution in [3.63, 3.8) is 0 Å². The van der Waals surface area contributed by atoms with Gasteiger partial charge in [0.1, 0.15) is 11.5 Å². The van der Waals surface area contributed by atoms with E-state index in [1.54, 1.807) is 48.5 Å². The number of benzene rings is 3. The zero-order valence-electron chi connectivity index (χ0n) is 19.2. The van der Waals surface area contributed by atoms with Crippen molar-refractivity contribution in [2.24, 2.45) is 0 Å². The van der Waals surface area contributed by atoms with E-state index < -0.39 is 17.7 Å². The number of methoxy groups -OCH3 is 1. The Labute approximate surface area is 211 Å². The smallest absolute Gasteiger partial charge is 0.301 e. The van der Waals surface area contributed by atoms with E-state index in [9.17, 15) is 14.7 Å². The number of ether oxygens (including phenoxy) is 1. The molecule has 176 valence electrons. The van der Waals surface area contributed by atoms with Crippen molar-refractivity contribution in [3.05, 3.63) is 93.5 Å². The minimum absolute atomic E-state index is 0.0160. The van der Waals surface area contributed by atoms with Crippen LogP contribution in [0.2, 0.25) is 5.02 Å². The Kier molecular flexibility index (Phi) is 5.83. The van der Waals surface area contributed by atoms with Crippen LogP contribution in [-0.2, 0) is 9.59 Å². The van der Waals surface area contributed by atoms with Crippen LogP contribution in [-0.4, -0.2) is 28.9 Å². The fourth-order valence-electron chi connectivity index (χ4n) is 4.38. The molecule has 4 aromatic rings. The number of carbonyl (C=O) groups excluding carboxylic acids is 2. The number of halogens is 1. The van der Waals surface area contributed by atoms with Crippen LogP contribution in [0, 0.1) is 13.8 Å². The van der Waals surface area contributed by atoms with Gasteiger partial charge in [-0.25, -0.2) is 4.98 Å². The van der Waals surface area contributed by atoms with E-state index in [-0.39, 0.29) is 11.3 Å². The highest BCUT2D eigenvalue weighted by atomic mass is 35.5. The van der Waals surface area contributed by atoms with Crippen molar-refractivity contribution >= 4 is 55.7 Å². The van der Waals surface area contributed by atoms with Crippen LogP contribution in [0.15, 0.2) is 66.2 Å². The number of fused-ring (bicyclic) bond motifs is 1. The molecule has 1 aromatic heterocycles. The molecule has 1 unspecified atom stereocenters. The Hall–Kier alpha value is -3.68. The van der Waals surface area contributed by atoms with E-state index >= 15 is 0 Å². The number of Topliss-reactive ketones (excluding diaryl/α,β-unsaturated/α-hetero) is 1. The molecule has 35 heavy (non-hydrogen) atoms. The highest BCUT2D eigenvalue weighted by Crippen LogP contribution is 2.45. The number of amides is 1. The molecule has 1 fully saturated rings. The third-order valence-corrected chi connectivity index (χ3v) is 7.25. The number of aliphatic hydroxyl groups is 1. The Morgan fingerprint density at radius 1 is 1.09 bits per heavy atom. The zero-order valence-corrected chi connectivity index (χ0v) is 20.8. The molecule has 0 spiro atoms. The van der Waals surface area contributed by atoms with Crippen LogP contribution in [0.25, 0.3) is 16.0 Å². The minimum Gasteiger partial charge on any atom is -0.507 e. The molecule has 0 bridgehead atoms. The molecule has 1 aliphatic heterocycles. The molecule has 8 heteroatoms. The van der Waals surface area contributed by atoms with Gasteiger partial charge in [-0.15, -0.1) is 0 Å². The predicted octanol–water partition coefficient (Wildman–Crippen LogP) is 6.20. The number of carbonyl (C=O) groups is 2. The molecule has 1 amide bonds. The summed E-state index contributed by atoms with van der Waals surface area (Å²) in [5.74, 6) is -1.29. The van der Waals surface area contributed by atoms with Crippen molar-refractivity contribution in [1.29, 1.82) is 0 Å². The maximum atomic E-state index is 13.4. The molecule has 0 saturated carbocycles. The monoisotopic (exact) mass is 504 g/mol. The van der Waals surface area contributed by atoms with Crippen LogP contribution < -0.4 is 9.64 Å². The first-order chi connectivity index (χ1) is 16.8. The van der Waals surface area contributed by atoms with E-state index in [1.165, 1.54) is 23.3 Å². The van der Waals surface area contributed by atoms with Gasteiger partial charge in [0.15, 0.2) is 5.13 Å². The Bertz CT molecular complexity index is 1520. The molecule has 0 radical (unpaired) electrons. The van der Waals surface area contributed by atoms with Gasteiger partial charge in [0.05, 0.1) is 28.9 Å². The first kappa shape index (κ1) is 23.1. The molecule has 1 aliphatic rings. The van der Waals surface area contributed by atoms with Gasteiger partial charge >= 0.3 is 5.91 Å². The number of aryl methyl sites for hydroxylation is 2. The molecule has 1 atom stereocenters. The van der Waals surface area contributed by atoms with Gasteiger partial charge in [-0.2, -0.15) is 0 Å². The second-order valence-electron chi connectivity index (χ2n) is 8.38. The average Bonchev–Trinajstić information content (AvgIpc) is 3.38. The lowest BCUT2D eigenvalue weighted by atomic mass is 9.95. The van der Waals surface area contributed by atoms with Crippen LogP contribution >= 0.6 is 22.9 Å². The van der Waals surface area contributed by atoms with Gasteiger partial charge in [-0.3, -0.25) is 14.5 Å². The summed E-state index contributed by atoms with van der Waals surface area (Å²) in [5.41, 5.74) is 3.83. The topological polar surface area (TPSA) is 79.7 Å². The third kappa shape index (κ3) is 3.96. The summed E-state index contributed by atoms with van der Waals surface area (Å²) >= 11 is 7.45. The molecule has 1 N–H and O–H groups in total. The number of aromatic nitrogens is 1. The number of rotatable bonds is 4. The van der Waals surface area contributed by atoms with Crippen molar-refractivity contribution in [3.8, 4) is 5.75 Å². The highest BCUT2D eigenvalue weighted by molar-refractivity contribution is 7.22. The SMILES string of the molecule is COc1cccc(/C(O)=C2\C(=O)C(=O)N(c3nc4c(C)cc(C)cc4s3)C2c2ccc(Cl)cc2)c1. The van der Waals surface area contributed by atoms with Crippen LogP contribution in [0.1, 0.15) is 28.3 Å². The van der Waals surface area contributed by atoms with E-state index in [1.807, 2.05) is 26.0 Å². The maximum absolute atomic E-state index is 13.4. The van der Waals surface area contributed by atoms with Gasteiger partial charge < -0.3 is 9.84 Å². The fourth-order valence-corrected chi connectivity index (χ4v) is 5.67. The molecular weight excluding hydrogens is 484 g/mol. The molecule has 0 aliphatic carbocycles. The molecular formula is C27H21ClN2O4S. The number of anilines is 1. The molecule has 1 saturated heterocycles. The largest absolute Gasteiger partial charge is 0.507 e. The molecule has 6 nitrogen and oxygen atoms in total. The molecule has 2 heterocycles. The van der Waals surface area contributed by atoms with Crippen molar-refractivity contribution in [1.82, 2.24) is 4.98 Å². The van der Waals surface area contributed by atoms with Crippen LogP contribution in [0.5, 0.6) is 5.75 Å². The lowest BCUT2D eigenvalue weighted by molar-refractivity contribution is -0.132. The Balaban J connectivity index is 1.74. The third-order valence-electron chi connectivity index (χ3n) is 6.00. The lowest BCUT2D eigenvalue weighted by Gasteiger charge is -2.23. The number of thiazole rings is 1. The Morgan fingerprint density at radius 3 is 2.54 bits per heavy atom. The fraction of sp³-hybridized carbons (Fsp3) is 0.148. The first-order valence-electron chi connectivity index (χ1n) is 10.9. The number of aliphatic hydroxyl groups excluding tert-OH is 1. The highest BCUT2D eigenvalue weighted by Gasteiger charge is 2.48. The van der Waals surface area contributed by atoms with Gasteiger partial charge in [-0.05, 0) is 60.9 Å². The van der Waals surface area contributed by atoms with E-state index in [0.717, 1.165) is 21.3 Å². The van der Waals surface area contributed by atoms with Gasteiger partial charge in [-0.1, -0.05) is 53.3 Å². The summed E-state index contributed by atoms with van der Waals surface area (Å²) in [6, 6.07) is 16.7. The number of nitrogens with zero attached hydrogens (tertiary/aromatic N) is 2. The summed E-state index contributed by atoms with van der Waals surface area (Å²) in [7, 11) is 1.52. The van der Waals surface area contributed by atoms with E-state index in [2.05, 4.69) is 0 Å². The summed E-state index contributed by atoms with van der Waals surface area (Å²) < 4.78 is 6.18. The Morgan fingerprint density at radius 2 is 1.83 bits per heavy atom. The molecule has 3 aromatic carbocycles. The van der Waals surface area contributed by atoms with Crippen molar-refractivity contribution in [2.45, 2.75) is 19.9 Å². The second-order valence-corrected chi connectivity index (χ2v) is 9.82. The first-order valence-corrected chi connectivity index (χ1v) is 12.1. The van der Waals surface area contributed by atoms with Crippen LogP contribution in [0.4, 0.5) is 5.13 Å². The van der Waals surface area contributed by atoms with Crippen molar-refractivity contribution in [2.75, 3.05) is 12.0 Å². The zero-order chi connectivity index (χ0) is 24.9. The minimum atomic E-state index is -0.875. The summed E-state index contributed by atoms with van der Waals surface area (Å²) in [6.07, 6.45) is 0. The summed E-state index contributed by atoms with van der Waals surface area (Å²) in [6.45, 7) is 3.96. The average molecular weight is 505 g/mol. The number of ketones is 1. The van der Waals surface area contributed by atoms with Gasteiger partial charge in [0.25, 0.3) is 5.78 Å². The van der Waals surface area contributed by atoms with E-state index in [4.69, 9.17) is 21.3 Å². The lowest BCUT2D eigenvalue weighted by Crippen LogP contribution is -2.29. The quantitative estimate of drug-likeness (QED) is 0.203. The van der Waals surface area contributed by atoms with Crippen LogP contribution in [0.3, 0.4) is 0 Å². The summed E-state index contributed by atoms with van der Waals surface area (Å²) in [5, 5.41) is 12.2.